The third kappa shape index (κ3) is 3.16. The molecule has 0 aliphatic carbocycles. The smallest absolute Gasteiger partial charge is 0.258 e. The molecule has 0 unspecified atom stereocenters. The molecule has 0 heterocycles. The summed E-state index contributed by atoms with van der Waals surface area (Å²) in [6.45, 7) is 0. The number of nitrogens with one attached hydrogen (secondary N) is 1. The van der Waals surface area contributed by atoms with Gasteiger partial charge in [-0.05, 0) is 36.4 Å². The number of anilines is 1. The first-order valence-electron chi connectivity index (χ1n) is 5.47. The zero-order valence-corrected chi connectivity index (χ0v) is 12.3. The van der Waals surface area contributed by atoms with Gasteiger partial charge in [0.15, 0.2) is 0 Å². The van der Waals surface area contributed by atoms with Crippen molar-refractivity contribution in [2.45, 2.75) is 0 Å². The molecular weight excluding hydrogens is 347 g/mol. The fourth-order valence-corrected chi connectivity index (χ4v) is 2.11. The number of amides is 1. The molecule has 0 atom stereocenters. The lowest BCUT2D eigenvalue weighted by Crippen LogP contribution is -2.14. The van der Waals surface area contributed by atoms with Crippen molar-refractivity contribution in [3.8, 4) is 6.07 Å². The van der Waals surface area contributed by atoms with Crippen molar-refractivity contribution in [1.29, 1.82) is 5.26 Å². The molecule has 0 saturated heterocycles. The number of nitriles is 1. The van der Waals surface area contributed by atoms with E-state index in [1.807, 2.05) is 6.07 Å². The maximum absolute atomic E-state index is 13.6. The Kier molecular flexibility index (Phi) is 4.38. The van der Waals surface area contributed by atoms with Crippen LogP contribution in [0.5, 0.6) is 0 Å². The van der Waals surface area contributed by atoms with Gasteiger partial charge in [0.2, 0.25) is 0 Å². The highest BCUT2D eigenvalue weighted by Gasteiger charge is 2.14. The van der Waals surface area contributed by atoms with E-state index in [1.165, 1.54) is 36.4 Å². The van der Waals surface area contributed by atoms with E-state index >= 15 is 0 Å². The van der Waals surface area contributed by atoms with E-state index in [4.69, 9.17) is 16.9 Å². The van der Waals surface area contributed by atoms with Gasteiger partial charge in [-0.25, -0.2) is 4.39 Å². The van der Waals surface area contributed by atoms with Crippen molar-refractivity contribution in [1.82, 2.24) is 0 Å². The molecule has 0 spiro atoms. The Hall–Kier alpha value is -1.90. The molecule has 1 N–H and O–H groups in total. The standard InChI is InChI=1S/C14H7BrClFN2O/c15-9-2-4-12(17)11(5-9)14(20)19-13-6-10(16)3-1-8(13)7-18/h1-6H,(H,19,20). The lowest BCUT2D eigenvalue weighted by molar-refractivity contribution is 0.102. The van der Waals surface area contributed by atoms with Gasteiger partial charge in [0.1, 0.15) is 11.9 Å². The van der Waals surface area contributed by atoms with Crippen LogP contribution in [0.25, 0.3) is 0 Å². The summed E-state index contributed by atoms with van der Waals surface area (Å²) in [4.78, 5) is 12.0. The molecule has 0 fully saturated rings. The summed E-state index contributed by atoms with van der Waals surface area (Å²) in [6, 6.07) is 10.4. The highest BCUT2D eigenvalue weighted by atomic mass is 79.9. The minimum Gasteiger partial charge on any atom is -0.321 e. The van der Waals surface area contributed by atoms with Crippen LogP contribution >= 0.6 is 27.5 Å². The molecule has 0 bridgehead atoms. The molecule has 0 saturated carbocycles. The molecule has 0 aliphatic rings. The van der Waals surface area contributed by atoms with Crippen LogP contribution in [0.15, 0.2) is 40.9 Å². The second-order valence-corrected chi connectivity index (χ2v) is 5.23. The van der Waals surface area contributed by atoms with E-state index < -0.39 is 11.7 Å². The summed E-state index contributed by atoms with van der Waals surface area (Å²) in [6.07, 6.45) is 0. The van der Waals surface area contributed by atoms with E-state index in [1.54, 1.807) is 0 Å². The fourth-order valence-electron chi connectivity index (χ4n) is 1.58. The van der Waals surface area contributed by atoms with E-state index in [0.717, 1.165) is 0 Å². The summed E-state index contributed by atoms with van der Waals surface area (Å²) in [5.41, 5.74) is 0.366. The van der Waals surface area contributed by atoms with Crippen LogP contribution in [0.2, 0.25) is 5.02 Å². The third-order valence-corrected chi connectivity index (χ3v) is 3.25. The Labute approximate surface area is 128 Å². The van der Waals surface area contributed by atoms with Crippen molar-refractivity contribution in [2.24, 2.45) is 0 Å². The molecule has 6 heteroatoms. The number of hydrogen-bond donors (Lipinski definition) is 1. The minimum atomic E-state index is -0.650. The SMILES string of the molecule is N#Cc1ccc(Cl)cc1NC(=O)c1cc(Br)ccc1F. The number of hydrogen-bond acceptors (Lipinski definition) is 2. The van der Waals surface area contributed by atoms with Crippen LogP contribution in [0.3, 0.4) is 0 Å². The Morgan fingerprint density at radius 2 is 2.05 bits per heavy atom. The summed E-state index contributed by atoms with van der Waals surface area (Å²) >= 11 is 8.99. The lowest BCUT2D eigenvalue weighted by Gasteiger charge is -2.08. The molecular formula is C14H7BrClFN2O. The monoisotopic (exact) mass is 352 g/mol. The Morgan fingerprint density at radius 3 is 2.75 bits per heavy atom. The van der Waals surface area contributed by atoms with Gasteiger partial charge in [0, 0.05) is 9.50 Å². The molecule has 100 valence electrons. The van der Waals surface area contributed by atoms with Crippen LogP contribution in [-0.4, -0.2) is 5.91 Å². The number of rotatable bonds is 2. The molecule has 0 aromatic heterocycles. The van der Waals surface area contributed by atoms with Gasteiger partial charge in [-0.1, -0.05) is 27.5 Å². The molecule has 2 aromatic carbocycles. The van der Waals surface area contributed by atoms with Crippen LogP contribution in [0.1, 0.15) is 15.9 Å². The first-order valence-corrected chi connectivity index (χ1v) is 6.64. The quantitative estimate of drug-likeness (QED) is 0.872. The van der Waals surface area contributed by atoms with Crippen LogP contribution in [0.4, 0.5) is 10.1 Å². The molecule has 0 radical (unpaired) electrons. The van der Waals surface area contributed by atoms with Gasteiger partial charge in [-0.3, -0.25) is 4.79 Å². The largest absolute Gasteiger partial charge is 0.321 e. The summed E-state index contributed by atoms with van der Waals surface area (Å²) in [7, 11) is 0. The molecule has 3 nitrogen and oxygen atoms in total. The number of carbonyl (C=O) groups is 1. The number of benzene rings is 2. The molecule has 2 rings (SSSR count). The second kappa shape index (κ2) is 6.04. The van der Waals surface area contributed by atoms with Crippen molar-refractivity contribution >= 4 is 39.1 Å². The Morgan fingerprint density at radius 1 is 1.30 bits per heavy atom. The molecule has 20 heavy (non-hydrogen) atoms. The maximum atomic E-state index is 13.6. The first-order chi connectivity index (χ1) is 9.51. The number of nitrogens with zero attached hydrogens (tertiary/aromatic N) is 1. The minimum absolute atomic E-state index is 0.122. The Bertz CT molecular complexity index is 728. The predicted octanol–water partition coefficient (Wildman–Crippen LogP) is 4.37. The summed E-state index contributed by atoms with van der Waals surface area (Å²) in [5.74, 6) is -1.30. The normalized spacial score (nSPS) is 9.90. The van der Waals surface area contributed by atoms with Crippen molar-refractivity contribution in [3.63, 3.8) is 0 Å². The summed E-state index contributed by atoms with van der Waals surface area (Å²) < 4.78 is 14.2. The van der Waals surface area contributed by atoms with Crippen LogP contribution in [-0.2, 0) is 0 Å². The summed E-state index contributed by atoms with van der Waals surface area (Å²) in [5, 5.41) is 11.8. The maximum Gasteiger partial charge on any atom is 0.258 e. The van der Waals surface area contributed by atoms with E-state index in [2.05, 4.69) is 21.2 Å². The van der Waals surface area contributed by atoms with Gasteiger partial charge in [0.05, 0.1) is 16.8 Å². The number of carbonyl (C=O) groups excluding carboxylic acids is 1. The zero-order chi connectivity index (χ0) is 14.7. The van der Waals surface area contributed by atoms with Crippen LogP contribution in [0, 0.1) is 17.1 Å². The highest BCUT2D eigenvalue weighted by Crippen LogP contribution is 2.22. The van der Waals surface area contributed by atoms with E-state index in [0.29, 0.717) is 9.50 Å². The van der Waals surface area contributed by atoms with Crippen molar-refractivity contribution in [3.05, 3.63) is 62.8 Å². The van der Waals surface area contributed by atoms with Crippen LogP contribution < -0.4 is 5.32 Å². The zero-order valence-electron chi connectivity index (χ0n) is 9.95. The van der Waals surface area contributed by atoms with Gasteiger partial charge in [-0.15, -0.1) is 0 Å². The van der Waals surface area contributed by atoms with Gasteiger partial charge < -0.3 is 5.32 Å². The third-order valence-electron chi connectivity index (χ3n) is 2.52. The molecule has 1 amide bonds. The van der Waals surface area contributed by atoms with Crippen molar-refractivity contribution in [2.75, 3.05) is 5.32 Å². The second-order valence-electron chi connectivity index (χ2n) is 3.88. The predicted molar refractivity (Wildman–Crippen MR) is 78.2 cm³/mol. The number of halogens is 3. The van der Waals surface area contributed by atoms with Gasteiger partial charge in [0.25, 0.3) is 5.91 Å². The lowest BCUT2D eigenvalue weighted by atomic mass is 10.1. The average Bonchev–Trinajstić information content (AvgIpc) is 2.41. The van der Waals surface area contributed by atoms with E-state index in [-0.39, 0.29) is 16.8 Å². The fraction of sp³-hybridized carbons (Fsp3) is 0. The highest BCUT2D eigenvalue weighted by molar-refractivity contribution is 9.10. The first kappa shape index (κ1) is 14.5. The molecule has 0 aliphatic heterocycles. The Balaban J connectivity index is 2.35. The average molecular weight is 354 g/mol. The van der Waals surface area contributed by atoms with E-state index in [9.17, 15) is 9.18 Å². The van der Waals surface area contributed by atoms with Gasteiger partial charge >= 0.3 is 0 Å². The van der Waals surface area contributed by atoms with Gasteiger partial charge in [-0.2, -0.15) is 5.26 Å². The topological polar surface area (TPSA) is 52.9 Å². The molecule has 2 aromatic rings. The van der Waals surface area contributed by atoms with Crippen molar-refractivity contribution < 1.29 is 9.18 Å².